The van der Waals surface area contributed by atoms with Crippen LogP contribution in [0.25, 0.3) is 27.8 Å². The maximum absolute atomic E-state index is 14.4. The van der Waals surface area contributed by atoms with Gasteiger partial charge in [-0.25, -0.2) is 8.78 Å². The number of nitrogens with two attached hydrogens (primary N) is 1. The number of nitrogen functional groups attached to an aromatic ring is 1. The number of hydrogen-bond acceptors (Lipinski definition) is 5. The van der Waals surface area contributed by atoms with E-state index in [1.807, 2.05) is 0 Å². The SMILES string of the molecule is CC(=O)NCc1ccnc(-c2cn(-c3c(F)cccc3F)c(=O)c3c(N)n[nH]c23)c1. The molecule has 0 bridgehead atoms. The molecule has 0 spiro atoms. The smallest absolute Gasteiger partial charge is 0.268 e. The lowest BCUT2D eigenvalue weighted by atomic mass is 10.1. The highest BCUT2D eigenvalue weighted by Gasteiger charge is 2.20. The van der Waals surface area contributed by atoms with E-state index >= 15 is 0 Å². The van der Waals surface area contributed by atoms with Crippen molar-refractivity contribution in [2.24, 2.45) is 0 Å². The second-order valence-electron chi connectivity index (χ2n) is 6.61. The van der Waals surface area contributed by atoms with Crippen LogP contribution in [0.4, 0.5) is 14.6 Å². The van der Waals surface area contributed by atoms with E-state index in [1.165, 1.54) is 25.4 Å². The van der Waals surface area contributed by atoms with Crippen molar-refractivity contribution in [3.63, 3.8) is 0 Å². The van der Waals surface area contributed by atoms with Crippen molar-refractivity contribution >= 4 is 22.6 Å². The second kappa shape index (κ2) is 7.39. The summed E-state index contributed by atoms with van der Waals surface area (Å²) in [6.45, 7) is 1.67. The van der Waals surface area contributed by atoms with E-state index in [4.69, 9.17) is 5.73 Å². The molecule has 0 unspecified atom stereocenters. The van der Waals surface area contributed by atoms with Crippen LogP contribution in [0, 0.1) is 11.6 Å². The van der Waals surface area contributed by atoms with Gasteiger partial charge in [-0.15, -0.1) is 0 Å². The number of H-pyrrole nitrogens is 1. The average molecular weight is 410 g/mol. The molecular formula is C20H16F2N6O2. The van der Waals surface area contributed by atoms with E-state index in [-0.39, 0.29) is 29.2 Å². The monoisotopic (exact) mass is 410 g/mol. The number of carbonyl (C=O) groups excluding carboxylic acids is 1. The standard InChI is InChI=1S/C20H16F2N6O2/c1-10(29)25-8-11-5-6-24-15(7-11)12-9-28(18-13(21)3-2-4-14(18)22)20(30)16-17(12)26-27-19(16)23/h2-7,9H,8H2,1H3,(H,25,29)(H3,23,26,27). The van der Waals surface area contributed by atoms with Crippen LogP contribution in [0.1, 0.15) is 12.5 Å². The number of carbonyl (C=O) groups is 1. The minimum absolute atomic E-state index is 0.00998. The number of amides is 1. The van der Waals surface area contributed by atoms with Crippen LogP contribution in [-0.4, -0.2) is 25.7 Å². The summed E-state index contributed by atoms with van der Waals surface area (Å²) in [7, 11) is 0. The molecule has 0 saturated carbocycles. The largest absolute Gasteiger partial charge is 0.382 e. The van der Waals surface area contributed by atoms with Crippen LogP contribution in [0.3, 0.4) is 0 Å². The molecule has 8 nitrogen and oxygen atoms in total. The van der Waals surface area contributed by atoms with Gasteiger partial charge in [0.1, 0.15) is 22.7 Å². The highest BCUT2D eigenvalue weighted by atomic mass is 19.1. The zero-order valence-electron chi connectivity index (χ0n) is 15.7. The molecule has 0 aliphatic carbocycles. The maximum atomic E-state index is 14.4. The molecule has 4 aromatic rings. The molecule has 0 atom stereocenters. The Balaban J connectivity index is 1.98. The Morgan fingerprint density at radius 3 is 2.70 bits per heavy atom. The number of anilines is 1. The van der Waals surface area contributed by atoms with Crippen molar-refractivity contribution in [3.8, 4) is 16.9 Å². The van der Waals surface area contributed by atoms with E-state index in [0.717, 1.165) is 22.3 Å². The molecule has 4 rings (SSSR count). The van der Waals surface area contributed by atoms with Gasteiger partial charge in [0.2, 0.25) is 5.91 Å². The summed E-state index contributed by atoms with van der Waals surface area (Å²) in [6, 6.07) is 6.72. The Labute approximate surface area is 168 Å². The molecule has 152 valence electrons. The average Bonchev–Trinajstić information content (AvgIpc) is 3.10. The van der Waals surface area contributed by atoms with Crippen LogP contribution in [0.2, 0.25) is 0 Å². The van der Waals surface area contributed by atoms with Gasteiger partial charge in [-0.2, -0.15) is 5.10 Å². The fourth-order valence-corrected chi connectivity index (χ4v) is 3.18. The number of nitrogens with one attached hydrogen (secondary N) is 2. The Morgan fingerprint density at radius 2 is 2.00 bits per heavy atom. The predicted octanol–water partition coefficient (Wildman–Crippen LogP) is 2.27. The summed E-state index contributed by atoms with van der Waals surface area (Å²) in [6.07, 6.45) is 2.81. The first kappa shape index (κ1) is 19.2. The van der Waals surface area contributed by atoms with Crippen molar-refractivity contribution < 1.29 is 13.6 Å². The molecule has 1 amide bonds. The van der Waals surface area contributed by atoms with Crippen LogP contribution in [0.5, 0.6) is 0 Å². The lowest BCUT2D eigenvalue weighted by molar-refractivity contribution is -0.119. The van der Waals surface area contributed by atoms with Crippen molar-refractivity contribution in [1.82, 2.24) is 25.1 Å². The number of para-hydroxylation sites is 1. The molecule has 0 radical (unpaired) electrons. The number of fused-ring (bicyclic) bond motifs is 1. The molecule has 0 aliphatic heterocycles. The Bertz CT molecular complexity index is 1320. The number of pyridine rings is 2. The molecule has 4 N–H and O–H groups in total. The number of aromatic amines is 1. The summed E-state index contributed by atoms with van der Waals surface area (Å²) in [5.74, 6) is -2.11. The van der Waals surface area contributed by atoms with Gasteiger partial charge in [0.05, 0.1) is 11.2 Å². The summed E-state index contributed by atoms with van der Waals surface area (Å²) in [5, 5.41) is 9.23. The van der Waals surface area contributed by atoms with Gasteiger partial charge in [-0.05, 0) is 29.8 Å². The van der Waals surface area contributed by atoms with Crippen molar-refractivity contribution in [1.29, 1.82) is 0 Å². The fourth-order valence-electron chi connectivity index (χ4n) is 3.18. The molecule has 10 heteroatoms. The minimum atomic E-state index is -0.906. The summed E-state index contributed by atoms with van der Waals surface area (Å²) < 4.78 is 29.7. The lowest BCUT2D eigenvalue weighted by Crippen LogP contribution is -2.21. The van der Waals surface area contributed by atoms with Crippen molar-refractivity contribution in [3.05, 3.63) is 70.3 Å². The van der Waals surface area contributed by atoms with Gasteiger partial charge in [0.25, 0.3) is 5.56 Å². The van der Waals surface area contributed by atoms with Gasteiger partial charge < -0.3 is 11.1 Å². The summed E-state index contributed by atoms with van der Waals surface area (Å²) in [4.78, 5) is 28.5. The lowest BCUT2D eigenvalue weighted by Gasteiger charge is -2.12. The highest BCUT2D eigenvalue weighted by Crippen LogP contribution is 2.28. The van der Waals surface area contributed by atoms with Crippen LogP contribution in [0.15, 0.2) is 47.5 Å². The van der Waals surface area contributed by atoms with E-state index < -0.39 is 22.9 Å². The Kier molecular flexibility index (Phi) is 4.74. The first-order valence-corrected chi connectivity index (χ1v) is 8.90. The van der Waals surface area contributed by atoms with Gasteiger partial charge >= 0.3 is 0 Å². The molecule has 3 aromatic heterocycles. The van der Waals surface area contributed by atoms with Crippen molar-refractivity contribution in [2.45, 2.75) is 13.5 Å². The molecule has 0 fully saturated rings. The van der Waals surface area contributed by atoms with Crippen LogP contribution in [-0.2, 0) is 11.3 Å². The predicted molar refractivity (Wildman–Crippen MR) is 107 cm³/mol. The zero-order valence-corrected chi connectivity index (χ0v) is 15.7. The Hall–Kier alpha value is -4.08. The number of nitrogens with zero attached hydrogens (tertiary/aromatic N) is 3. The topological polar surface area (TPSA) is 119 Å². The first-order chi connectivity index (χ1) is 14.4. The zero-order chi connectivity index (χ0) is 21.4. The quantitative estimate of drug-likeness (QED) is 0.477. The summed E-state index contributed by atoms with van der Waals surface area (Å²) >= 11 is 0. The normalized spacial score (nSPS) is 11.0. The molecule has 0 aliphatic rings. The van der Waals surface area contributed by atoms with E-state index in [2.05, 4.69) is 20.5 Å². The van der Waals surface area contributed by atoms with Crippen LogP contribution < -0.4 is 16.6 Å². The number of benzene rings is 1. The third-order valence-corrected chi connectivity index (χ3v) is 4.57. The third-order valence-electron chi connectivity index (χ3n) is 4.57. The van der Waals surface area contributed by atoms with E-state index in [9.17, 15) is 18.4 Å². The molecule has 3 heterocycles. The van der Waals surface area contributed by atoms with E-state index in [1.54, 1.807) is 12.1 Å². The van der Waals surface area contributed by atoms with Gasteiger partial charge in [-0.3, -0.25) is 24.2 Å². The number of rotatable bonds is 4. The van der Waals surface area contributed by atoms with Gasteiger partial charge in [0.15, 0.2) is 5.82 Å². The molecule has 30 heavy (non-hydrogen) atoms. The number of aromatic nitrogens is 4. The van der Waals surface area contributed by atoms with E-state index in [0.29, 0.717) is 11.3 Å². The summed E-state index contributed by atoms with van der Waals surface area (Å²) in [5.41, 5.74) is 6.39. The molecule has 0 saturated heterocycles. The number of halogens is 2. The third kappa shape index (κ3) is 3.28. The maximum Gasteiger partial charge on any atom is 0.268 e. The molecule has 1 aromatic carbocycles. The highest BCUT2D eigenvalue weighted by molar-refractivity contribution is 5.97. The fraction of sp³-hybridized carbons (Fsp3) is 0.100. The molecular weight excluding hydrogens is 394 g/mol. The van der Waals surface area contributed by atoms with Gasteiger partial charge in [0, 0.05) is 31.4 Å². The minimum Gasteiger partial charge on any atom is -0.382 e. The van der Waals surface area contributed by atoms with Gasteiger partial charge in [-0.1, -0.05) is 6.07 Å². The second-order valence-corrected chi connectivity index (χ2v) is 6.61. The van der Waals surface area contributed by atoms with Crippen molar-refractivity contribution in [2.75, 3.05) is 5.73 Å². The van der Waals surface area contributed by atoms with Crippen LogP contribution >= 0.6 is 0 Å². The number of hydrogen-bond donors (Lipinski definition) is 3. The first-order valence-electron chi connectivity index (χ1n) is 8.90. The Morgan fingerprint density at radius 1 is 1.27 bits per heavy atom.